The fourth-order valence-corrected chi connectivity index (χ4v) is 2.18. The van der Waals surface area contributed by atoms with Gasteiger partial charge in [0.25, 0.3) is 0 Å². The topological polar surface area (TPSA) is 17.0 Å². The van der Waals surface area contributed by atoms with Crippen molar-refractivity contribution in [2.45, 2.75) is 26.3 Å². The Morgan fingerprint density at radius 2 is 2.12 bits per heavy atom. The first-order chi connectivity index (χ1) is 8.13. The lowest BCUT2D eigenvalue weighted by Gasteiger charge is -2.08. The van der Waals surface area contributed by atoms with E-state index in [2.05, 4.69) is 29.9 Å². The summed E-state index contributed by atoms with van der Waals surface area (Å²) in [6, 6.07) is 5.43. The molecule has 0 unspecified atom stereocenters. The number of nitrogens with one attached hydrogen (secondary N) is 1. The van der Waals surface area contributed by atoms with Gasteiger partial charge in [-0.3, -0.25) is 0 Å². The molecule has 2 aromatic rings. The third-order valence-corrected chi connectivity index (χ3v) is 3.08. The zero-order valence-corrected chi connectivity index (χ0v) is 10.6. The van der Waals surface area contributed by atoms with Crippen molar-refractivity contribution in [2.24, 2.45) is 0 Å². The first kappa shape index (κ1) is 12.1. The summed E-state index contributed by atoms with van der Waals surface area (Å²) in [5, 5.41) is 4.17. The van der Waals surface area contributed by atoms with E-state index in [1.165, 1.54) is 11.6 Å². The van der Waals surface area contributed by atoms with Crippen LogP contribution in [0.3, 0.4) is 0 Å². The van der Waals surface area contributed by atoms with Crippen molar-refractivity contribution in [3.63, 3.8) is 0 Å². The molecule has 0 fully saturated rings. The Morgan fingerprint density at radius 3 is 2.76 bits per heavy atom. The monoisotopic (exact) mass is 234 g/mol. The molecular weight excluding hydrogens is 215 g/mol. The minimum absolute atomic E-state index is 0.162. The van der Waals surface area contributed by atoms with Crippen LogP contribution in [-0.4, -0.2) is 18.2 Å². The summed E-state index contributed by atoms with van der Waals surface area (Å²) in [5.74, 6) is -0.162. The van der Waals surface area contributed by atoms with Crippen LogP contribution >= 0.6 is 0 Å². The summed E-state index contributed by atoms with van der Waals surface area (Å²) in [7, 11) is 1.93. The SMILES string of the molecule is CNCCc1cn(C(C)C)c2ccc(F)cc12. The molecule has 0 spiro atoms. The highest BCUT2D eigenvalue weighted by Gasteiger charge is 2.10. The zero-order chi connectivity index (χ0) is 12.4. The van der Waals surface area contributed by atoms with Crippen LogP contribution in [0.2, 0.25) is 0 Å². The summed E-state index contributed by atoms with van der Waals surface area (Å²) in [4.78, 5) is 0. The second kappa shape index (κ2) is 4.88. The molecule has 0 amide bonds. The van der Waals surface area contributed by atoms with Gasteiger partial charge in [-0.1, -0.05) is 0 Å². The molecule has 2 rings (SSSR count). The molecule has 0 aliphatic rings. The predicted octanol–water partition coefficient (Wildman–Crippen LogP) is 3.12. The van der Waals surface area contributed by atoms with E-state index in [0.29, 0.717) is 6.04 Å². The molecule has 2 nitrogen and oxygen atoms in total. The maximum Gasteiger partial charge on any atom is 0.123 e. The van der Waals surface area contributed by atoms with E-state index in [0.717, 1.165) is 23.9 Å². The van der Waals surface area contributed by atoms with E-state index in [4.69, 9.17) is 0 Å². The largest absolute Gasteiger partial charge is 0.345 e. The van der Waals surface area contributed by atoms with Crippen LogP contribution in [-0.2, 0) is 6.42 Å². The smallest absolute Gasteiger partial charge is 0.123 e. The lowest BCUT2D eigenvalue weighted by Crippen LogP contribution is -2.10. The van der Waals surface area contributed by atoms with Gasteiger partial charge in [-0.15, -0.1) is 0 Å². The normalized spacial score (nSPS) is 11.6. The lowest BCUT2D eigenvalue weighted by atomic mass is 10.1. The molecule has 1 aromatic heterocycles. The highest BCUT2D eigenvalue weighted by molar-refractivity contribution is 5.84. The Morgan fingerprint density at radius 1 is 1.35 bits per heavy atom. The lowest BCUT2D eigenvalue weighted by molar-refractivity contribution is 0.617. The number of rotatable bonds is 4. The Hall–Kier alpha value is -1.35. The summed E-state index contributed by atoms with van der Waals surface area (Å²) >= 11 is 0. The van der Waals surface area contributed by atoms with Crippen molar-refractivity contribution in [3.8, 4) is 0 Å². The number of benzene rings is 1. The molecule has 0 aliphatic heterocycles. The van der Waals surface area contributed by atoms with E-state index in [9.17, 15) is 4.39 Å². The molecule has 0 saturated carbocycles. The Bertz CT molecular complexity index is 514. The summed E-state index contributed by atoms with van der Waals surface area (Å²) in [6.45, 7) is 5.20. The number of likely N-dealkylation sites (N-methyl/N-ethyl adjacent to an activating group) is 1. The number of aromatic nitrogens is 1. The van der Waals surface area contributed by atoms with E-state index in [-0.39, 0.29) is 5.82 Å². The number of nitrogens with zero attached hydrogens (tertiary/aromatic N) is 1. The van der Waals surface area contributed by atoms with Crippen LogP contribution in [0.5, 0.6) is 0 Å². The maximum atomic E-state index is 13.3. The van der Waals surface area contributed by atoms with Gasteiger partial charge in [-0.05, 0) is 57.6 Å². The van der Waals surface area contributed by atoms with Gasteiger partial charge in [0.15, 0.2) is 0 Å². The third kappa shape index (κ3) is 2.34. The summed E-state index contributed by atoms with van der Waals surface area (Å²) in [6.07, 6.45) is 3.07. The van der Waals surface area contributed by atoms with Gasteiger partial charge in [0, 0.05) is 23.1 Å². The Balaban J connectivity index is 2.54. The van der Waals surface area contributed by atoms with Crippen molar-refractivity contribution in [1.82, 2.24) is 9.88 Å². The molecule has 1 heterocycles. The number of fused-ring (bicyclic) bond motifs is 1. The van der Waals surface area contributed by atoms with Gasteiger partial charge in [0.05, 0.1) is 0 Å². The minimum Gasteiger partial charge on any atom is -0.345 e. The standard InChI is InChI=1S/C14H19FN2/c1-10(2)17-9-11(6-7-16-3)13-8-12(15)4-5-14(13)17/h4-5,8-10,16H,6-7H2,1-3H3. The molecular formula is C14H19FN2. The molecule has 1 N–H and O–H groups in total. The van der Waals surface area contributed by atoms with Gasteiger partial charge < -0.3 is 9.88 Å². The van der Waals surface area contributed by atoms with Crippen LogP contribution in [0.15, 0.2) is 24.4 Å². The van der Waals surface area contributed by atoms with Crippen LogP contribution < -0.4 is 5.32 Å². The van der Waals surface area contributed by atoms with Crippen LogP contribution in [0.25, 0.3) is 10.9 Å². The van der Waals surface area contributed by atoms with Gasteiger partial charge in [-0.2, -0.15) is 0 Å². The Kier molecular flexibility index (Phi) is 3.48. The van der Waals surface area contributed by atoms with E-state index in [1.54, 1.807) is 6.07 Å². The van der Waals surface area contributed by atoms with Crippen molar-refractivity contribution >= 4 is 10.9 Å². The average Bonchev–Trinajstić information content (AvgIpc) is 2.64. The van der Waals surface area contributed by atoms with Gasteiger partial charge in [-0.25, -0.2) is 4.39 Å². The molecule has 0 radical (unpaired) electrons. The number of hydrogen-bond donors (Lipinski definition) is 1. The fourth-order valence-electron chi connectivity index (χ4n) is 2.18. The number of hydrogen-bond acceptors (Lipinski definition) is 1. The van der Waals surface area contributed by atoms with Crippen molar-refractivity contribution < 1.29 is 4.39 Å². The second-order valence-electron chi connectivity index (χ2n) is 4.67. The molecule has 0 aliphatic carbocycles. The summed E-state index contributed by atoms with van der Waals surface area (Å²) in [5.41, 5.74) is 2.33. The molecule has 0 bridgehead atoms. The molecule has 1 aromatic carbocycles. The summed E-state index contributed by atoms with van der Waals surface area (Å²) < 4.78 is 15.5. The van der Waals surface area contributed by atoms with Crippen molar-refractivity contribution in [2.75, 3.05) is 13.6 Å². The van der Waals surface area contributed by atoms with Crippen LogP contribution in [0.4, 0.5) is 4.39 Å². The van der Waals surface area contributed by atoms with E-state index >= 15 is 0 Å². The maximum absolute atomic E-state index is 13.3. The van der Waals surface area contributed by atoms with Gasteiger partial charge in [0.1, 0.15) is 5.82 Å². The number of halogens is 1. The molecule has 92 valence electrons. The quantitative estimate of drug-likeness (QED) is 0.860. The van der Waals surface area contributed by atoms with Gasteiger partial charge in [0.2, 0.25) is 0 Å². The molecule has 0 saturated heterocycles. The minimum atomic E-state index is -0.162. The first-order valence-corrected chi connectivity index (χ1v) is 6.07. The fraction of sp³-hybridized carbons (Fsp3) is 0.429. The highest BCUT2D eigenvalue weighted by atomic mass is 19.1. The van der Waals surface area contributed by atoms with Crippen molar-refractivity contribution in [1.29, 1.82) is 0 Å². The molecule has 3 heteroatoms. The average molecular weight is 234 g/mol. The second-order valence-corrected chi connectivity index (χ2v) is 4.67. The van der Waals surface area contributed by atoms with Gasteiger partial charge >= 0.3 is 0 Å². The van der Waals surface area contributed by atoms with E-state index < -0.39 is 0 Å². The van der Waals surface area contributed by atoms with Crippen molar-refractivity contribution in [3.05, 3.63) is 35.8 Å². The zero-order valence-electron chi connectivity index (χ0n) is 10.6. The first-order valence-electron chi connectivity index (χ1n) is 6.07. The van der Waals surface area contributed by atoms with E-state index in [1.807, 2.05) is 13.1 Å². The third-order valence-electron chi connectivity index (χ3n) is 3.08. The van der Waals surface area contributed by atoms with Crippen LogP contribution in [0, 0.1) is 5.82 Å². The Labute approximate surface area is 101 Å². The molecule has 0 atom stereocenters. The van der Waals surface area contributed by atoms with Crippen LogP contribution in [0.1, 0.15) is 25.5 Å². The highest BCUT2D eigenvalue weighted by Crippen LogP contribution is 2.25. The molecule has 17 heavy (non-hydrogen) atoms. The predicted molar refractivity (Wildman–Crippen MR) is 69.9 cm³/mol.